The van der Waals surface area contributed by atoms with E-state index >= 15 is 0 Å². The fraction of sp³-hybridized carbons (Fsp3) is 0.154. The molecular formula is C13H12Cl3N3. The monoisotopic (exact) mass is 315 g/mol. The fourth-order valence-corrected chi connectivity index (χ4v) is 2.37. The van der Waals surface area contributed by atoms with Crippen molar-refractivity contribution in [1.82, 2.24) is 4.98 Å². The summed E-state index contributed by atoms with van der Waals surface area (Å²) in [7, 11) is 0. The number of rotatable bonds is 4. The highest BCUT2D eigenvalue weighted by molar-refractivity contribution is 6.35. The van der Waals surface area contributed by atoms with Gasteiger partial charge in [-0.05, 0) is 30.2 Å². The van der Waals surface area contributed by atoms with Gasteiger partial charge in [0.2, 0.25) is 0 Å². The van der Waals surface area contributed by atoms with Gasteiger partial charge in [0.1, 0.15) is 5.82 Å². The topological polar surface area (TPSA) is 50.9 Å². The lowest BCUT2D eigenvalue weighted by Crippen LogP contribution is -2.07. The minimum absolute atomic E-state index is 0.502. The van der Waals surface area contributed by atoms with Gasteiger partial charge >= 0.3 is 0 Å². The van der Waals surface area contributed by atoms with Crippen molar-refractivity contribution in [2.75, 3.05) is 17.6 Å². The van der Waals surface area contributed by atoms with E-state index in [2.05, 4.69) is 10.3 Å². The number of benzene rings is 1. The second-order valence-electron chi connectivity index (χ2n) is 4.01. The minimum Gasteiger partial charge on any atom is -0.397 e. The zero-order valence-electron chi connectivity index (χ0n) is 9.96. The first-order valence-corrected chi connectivity index (χ1v) is 6.78. The van der Waals surface area contributed by atoms with Crippen molar-refractivity contribution in [2.45, 2.75) is 6.42 Å². The highest BCUT2D eigenvalue weighted by Crippen LogP contribution is 2.23. The molecule has 0 spiro atoms. The zero-order valence-corrected chi connectivity index (χ0v) is 12.2. The van der Waals surface area contributed by atoms with Crippen LogP contribution < -0.4 is 11.1 Å². The normalized spacial score (nSPS) is 10.5. The van der Waals surface area contributed by atoms with Crippen LogP contribution in [-0.2, 0) is 6.42 Å². The van der Waals surface area contributed by atoms with E-state index in [0.717, 1.165) is 12.0 Å². The van der Waals surface area contributed by atoms with Gasteiger partial charge in [-0.15, -0.1) is 0 Å². The molecule has 0 bridgehead atoms. The lowest BCUT2D eigenvalue weighted by Gasteiger charge is -2.09. The molecule has 1 heterocycles. The highest BCUT2D eigenvalue weighted by Gasteiger charge is 2.04. The molecule has 6 heteroatoms. The largest absolute Gasteiger partial charge is 0.397 e. The molecule has 0 atom stereocenters. The molecule has 2 rings (SSSR count). The first-order chi connectivity index (χ1) is 9.06. The van der Waals surface area contributed by atoms with Gasteiger partial charge in [-0.2, -0.15) is 0 Å². The van der Waals surface area contributed by atoms with E-state index in [1.807, 2.05) is 12.1 Å². The second kappa shape index (κ2) is 6.33. The van der Waals surface area contributed by atoms with E-state index < -0.39 is 0 Å². The van der Waals surface area contributed by atoms with Crippen LogP contribution in [0.3, 0.4) is 0 Å². The summed E-state index contributed by atoms with van der Waals surface area (Å²) in [6.45, 7) is 0.665. The number of nitrogens with two attached hydrogens (primary N) is 1. The number of hydrogen-bond donors (Lipinski definition) is 2. The Labute approximate surface area is 126 Å². The van der Waals surface area contributed by atoms with Gasteiger partial charge in [-0.25, -0.2) is 4.98 Å². The number of anilines is 2. The third-order valence-electron chi connectivity index (χ3n) is 2.56. The molecule has 100 valence electrons. The quantitative estimate of drug-likeness (QED) is 0.885. The fourth-order valence-electron chi connectivity index (χ4n) is 1.62. The summed E-state index contributed by atoms with van der Waals surface area (Å²) in [6, 6.07) is 7.11. The summed E-state index contributed by atoms with van der Waals surface area (Å²) in [5.74, 6) is 0.612. The van der Waals surface area contributed by atoms with Gasteiger partial charge in [0.25, 0.3) is 0 Å². The molecular weight excluding hydrogens is 305 g/mol. The molecule has 0 amide bonds. The third-order valence-corrected chi connectivity index (χ3v) is 3.44. The summed E-state index contributed by atoms with van der Waals surface area (Å²) in [5, 5.41) is 4.93. The van der Waals surface area contributed by atoms with Crippen molar-refractivity contribution in [2.24, 2.45) is 0 Å². The minimum atomic E-state index is 0.502. The summed E-state index contributed by atoms with van der Waals surface area (Å²) >= 11 is 18.0. The molecule has 0 radical (unpaired) electrons. The number of aromatic nitrogens is 1. The van der Waals surface area contributed by atoms with Crippen molar-refractivity contribution in [1.29, 1.82) is 0 Å². The molecule has 0 fully saturated rings. The lowest BCUT2D eigenvalue weighted by molar-refractivity contribution is 1.01. The molecule has 0 saturated heterocycles. The molecule has 3 nitrogen and oxygen atoms in total. The number of nitrogens with one attached hydrogen (secondary N) is 1. The van der Waals surface area contributed by atoms with Gasteiger partial charge in [-0.1, -0.05) is 40.9 Å². The maximum atomic E-state index is 6.09. The molecule has 0 aliphatic rings. The Morgan fingerprint density at radius 3 is 2.58 bits per heavy atom. The average molecular weight is 317 g/mol. The van der Waals surface area contributed by atoms with Crippen LogP contribution in [0.25, 0.3) is 0 Å². The van der Waals surface area contributed by atoms with Crippen LogP contribution in [0.1, 0.15) is 5.56 Å². The Morgan fingerprint density at radius 1 is 1.11 bits per heavy atom. The van der Waals surface area contributed by atoms with Gasteiger partial charge in [0, 0.05) is 16.6 Å². The first-order valence-electron chi connectivity index (χ1n) is 5.65. The lowest BCUT2D eigenvalue weighted by atomic mass is 10.1. The van der Waals surface area contributed by atoms with Crippen LogP contribution in [0.5, 0.6) is 0 Å². The van der Waals surface area contributed by atoms with E-state index in [9.17, 15) is 0 Å². The van der Waals surface area contributed by atoms with Gasteiger partial charge in [-0.3, -0.25) is 0 Å². The maximum absolute atomic E-state index is 6.09. The van der Waals surface area contributed by atoms with Crippen LogP contribution in [-0.4, -0.2) is 11.5 Å². The SMILES string of the molecule is Nc1cnc(NCCc2ccc(Cl)cc2Cl)c(Cl)c1. The second-order valence-corrected chi connectivity index (χ2v) is 5.26. The third kappa shape index (κ3) is 3.90. The molecule has 0 saturated carbocycles. The molecule has 0 aliphatic carbocycles. The average Bonchev–Trinajstić information content (AvgIpc) is 2.34. The van der Waals surface area contributed by atoms with E-state index in [4.69, 9.17) is 40.5 Å². The van der Waals surface area contributed by atoms with E-state index in [-0.39, 0.29) is 0 Å². The number of nitrogen functional groups attached to an aromatic ring is 1. The number of halogens is 3. The zero-order chi connectivity index (χ0) is 13.8. The molecule has 1 aromatic carbocycles. The molecule has 0 unspecified atom stereocenters. The number of hydrogen-bond acceptors (Lipinski definition) is 3. The van der Waals surface area contributed by atoms with E-state index in [1.165, 1.54) is 0 Å². The Balaban J connectivity index is 1.96. The predicted molar refractivity (Wildman–Crippen MR) is 82.3 cm³/mol. The summed E-state index contributed by atoms with van der Waals surface area (Å²) < 4.78 is 0. The van der Waals surface area contributed by atoms with Crippen molar-refractivity contribution >= 4 is 46.3 Å². The molecule has 3 N–H and O–H groups in total. The van der Waals surface area contributed by atoms with Crippen LogP contribution in [0, 0.1) is 0 Å². The van der Waals surface area contributed by atoms with Crippen molar-refractivity contribution < 1.29 is 0 Å². The van der Waals surface area contributed by atoms with Crippen LogP contribution in [0.15, 0.2) is 30.5 Å². The van der Waals surface area contributed by atoms with Crippen molar-refractivity contribution in [3.05, 3.63) is 51.1 Å². The molecule has 2 aromatic rings. The van der Waals surface area contributed by atoms with Crippen LogP contribution >= 0.6 is 34.8 Å². The summed E-state index contributed by atoms with van der Waals surface area (Å²) in [6.07, 6.45) is 2.31. The standard InChI is InChI=1S/C13H12Cl3N3/c14-9-2-1-8(11(15)5-9)3-4-18-13-12(16)6-10(17)7-19-13/h1-2,5-7H,3-4,17H2,(H,18,19). The summed E-state index contributed by atoms with van der Waals surface area (Å²) in [4.78, 5) is 4.12. The molecule has 1 aromatic heterocycles. The number of pyridine rings is 1. The highest BCUT2D eigenvalue weighted by atomic mass is 35.5. The van der Waals surface area contributed by atoms with Gasteiger partial charge in [0.05, 0.1) is 16.9 Å². The number of nitrogens with zero attached hydrogens (tertiary/aromatic N) is 1. The van der Waals surface area contributed by atoms with Crippen molar-refractivity contribution in [3.63, 3.8) is 0 Å². The predicted octanol–water partition coefficient (Wildman–Crippen LogP) is 4.28. The van der Waals surface area contributed by atoms with E-state index in [0.29, 0.717) is 33.1 Å². The van der Waals surface area contributed by atoms with Gasteiger partial charge < -0.3 is 11.1 Å². The summed E-state index contributed by atoms with van der Waals surface area (Å²) in [5.41, 5.74) is 7.13. The first kappa shape index (κ1) is 14.3. The Bertz CT molecular complexity index is 536. The Kier molecular flexibility index (Phi) is 4.75. The molecule has 0 aliphatic heterocycles. The van der Waals surface area contributed by atoms with Crippen LogP contribution in [0.4, 0.5) is 11.5 Å². The van der Waals surface area contributed by atoms with Crippen molar-refractivity contribution in [3.8, 4) is 0 Å². The Hall–Kier alpha value is -1.16. The maximum Gasteiger partial charge on any atom is 0.144 e. The van der Waals surface area contributed by atoms with E-state index in [1.54, 1.807) is 18.3 Å². The molecule has 19 heavy (non-hydrogen) atoms. The van der Waals surface area contributed by atoms with Gasteiger partial charge in [0.15, 0.2) is 0 Å². The van der Waals surface area contributed by atoms with Crippen LogP contribution in [0.2, 0.25) is 15.1 Å². The smallest absolute Gasteiger partial charge is 0.144 e. The Morgan fingerprint density at radius 2 is 1.89 bits per heavy atom.